The van der Waals surface area contributed by atoms with Gasteiger partial charge in [-0.3, -0.25) is 0 Å². The Morgan fingerprint density at radius 3 is 2.59 bits per heavy atom. The summed E-state index contributed by atoms with van der Waals surface area (Å²) in [6.45, 7) is 2.39. The molecule has 2 aromatic rings. The van der Waals surface area contributed by atoms with Crippen molar-refractivity contribution in [3.63, 3.8) is 0 Å². The number of benzene rings is 2. The zero-order valence-electron chi connectivity index (χ0n) is 16.5. The number of oxime groups is 1. The normalized spacial score (nSPS) is 19.4. The van der Waals surface area contributed by atoms with E-state index in [1.807, 2.05) is 30.3 Å². The van der Waals surface area contributed by atoms with Crippen molar-refractivity contribution in [3.05, 3.63) is 70.7 Å². The Bertz CT molecular complexity index is 838. The first-order chi connectivity index (χ1) is 14.0. The fourth-order valence-corrected chi connectivity index (χ4v) is 3.61. The van der Waals surface area contributed by atoms with Gasteiger partial charge in [-0.15, -0.1) is 0 Å². The number of carboxylic acid groups (broad SMARTS) is 1. The first-order valence-electron chi connectivity index (χ1n) is 9.93. The number of ether oxygens (including phenoxy) is 1. The molecule has 1 aliphatic rings. The van der Waals surface area contributed by atoms with E-state index < -0.39 is 17.7 Å². The lowest BCUT2D eigenvalue weighted by Crippen LogP contribution is -2.46. The van der Waals surface area contributed by atoms with E-state index in [1.165, 1.54) is 0 Å². The van der Waals surface area contributed by atoms with Crippen molar-refractivity contribution in [1.29, 1.82) is 0 Å². The largest absolute Gasteiger partial charge is 0.478 e. The van der Waals surface area contributed by atoms with Gasteiger partial charge in [-0.2, -0.15) is 0 Å². The lowest BCUT2D eigenvalue weighted by molar-refractivity contribution is -0.187. The van der Waals surface area contributed by atoms with Crippen LogP contribution in [0.3, 0.4) is 0 Å². The monoisotopic (exact) mass is 415 g/mol. The van der Waals surface area contributed by atoms with Crippen LogP contribution in [0, 0.1) is 0 Å². The van der Waals surface area contributed by atoms with Gasteiger partial charge < -0.3 is 14.7 Å². The first-order valence-corrected chi connectivity index (χ1v) is 10.3. The highest BCUT2D eigenvalue weighted by Gasteiger charge is 2.54. The zero-order chi connectivity index (χ0) is 20.7. The van der Waals surface area contributed by atoms with Crippen molar-refractivity contribution in [1.82, 2.24) is 0 Å². The minimum atomic E-state index is -1.59. The second-order valence-corrected chi connectivity index (χ2v) is 7.74. The van der Waals surface area contributed by atoms with E-state index in [2.05, 4.69) is 12.1 Å². The molecule has 1 aliphatic heterocycles. The van der Waals surface area contributed by atoms with E-state index >= 15 is 0 Å². The molecule has 2 aromatic carbocycles. The summed E-state index contributed by atoms with van der Waals surface area (Å²) in [5, 5.41) is 14.8. The van der Waals surface area contributed by atoms with Gasteiger partial charge in [-0.1, -0.05) is 79.0 Å². The molecule has 0 aromatic heterocycles. The van der Waals surface area contributed by atoms with E-state index in [0.717, 1.165) is 37.0 Å². The molecule has 1 heterocycles. The van der Waals surface area contributed by atoms with Crippen molar-refractivity contribution in [2.45, 2.75) is 57.3 Å². The molecule has 0 saturated carbocycles. The maximum Gasteiger partial charge on any atom is 0.354 e. The lowest BCUT2D eigenvalue weighted by Gasteiger charge is -2.31. The van der Waals surface area contributed by atoms with E-state index in [1.54, 1.807) is 24.3 Å². The summed E-state index contributed by atoms with van der Waals surface area (Å²) in [5.74, 6) is -1.08. The second kappa shape index (κ2) is 9.90. The van der Waals surface area contributed by atoms with Gasteiger partial charge in [0, 0.05) is 11.4 Å². The van der Waals surface area contributed by atoms with Crippen LogP contribution < -0.4 is 0 Å². The topological polar surface area (TPSA) is 68.1 Å². The van der Waals surface area contributed by atoms with Crippen LogP contribution in [0.1, 0.15) is 56.3 Å². The molecule has 0 spiro atoms. The van der Waals surface area contributed by atoms with Gasteiger partial charge in [0.15, 0.2) is 0 Å². The Morgan fingerprint density at radius 2 is 1.93 bits per heavy atom. The number of nitrogens with zero attached hydrogens (tertiary/aromatic N) is 1. The average molecular weight is 416 g/mol. The van der Waals surface area contributed by atoms with Crippen molar-refractivity contribution < 1.29 is 19.5 Å². The van der Waals surface area contributed by atoms with Crippen LogP contribution in [-0.2, 0) is 21.0 Å². The number of rotatable bonds is 10. The van der Waals surface area contributed by atoms with Crippen LogP contribution >= 0.6 is 11.6 Å². The minimum Gasteiger partial charge on any atom is -0.478 e. The molecule has 0 bridgehead atoms. The minimum absolute atomic E-state index is 0.203. The molecule has 3 rings (SSSR count). The molecular formula is C23H26ClNO4. The molecule has 154 valence electrons. The summed E-state index contributed by atoms with van der Waals surface area (Å²) < 4.78 is 6.15. The van der Waals surface area contributed by atoms with Crippen molar-refractivity contribution in [2.24, 2.45) is 5.16 Å². The van der Waals surface area contributed by atoms with E-state index in [0.29, 0.717) is 10.6 Å². The van der Waals surface area contributed by atoms with E-state index in [4.69, 9.17) is 21.2 Å². The Labute approximate surface area is 176 Å². The maximum atomic E-state index is 12.4. The summed E-state index contributed by atoms with van der Waals surface area (Å²) in [7, 11) is 0. The second-order valence-electron chi connectivity index (χ2n) is 7.31. The SMILES string of the molecule is CCCCCC1=NOC(C(=O)O)(C(OCc2ccccc2)c2ccc(Cl)cc2)C1. The third-order valence-electron chi connectivity index (χ3n) is 5.09. The Kier molecular flexibility index (Phi) is 7.29. The van der Waals surface area contributed by atoms with Gasteiger partial charge in [-0.05, 0) is 36.1 Å². The third-order valence-corrected chi connectivity index (χ3v) is 5.34. The Balaban J connectivity index is 1.86. The van der Waals surface area contributed by atoms with Gasteiger partial charge in [0.25, 0.3) is 5.60 Å². The highest BCUT2D eigenvalue weighted by atomic mass is 35.5. The maximum absolute atomic E-state index is 12.4. The van der Waals surface area contributed by atoms with Crippen LogP contribution in [0.4, 0.5) is 0 Å². The zero-order valence-corrected chi connectivity index (χ0v) is 17.3. The lowest BCUT2D eigenvalue weighted by atomic mass is 9.85. The molecule has 0 aliphatic carbocycles. The first kappa shape index (κ1) is 21.3. The standard InChI is InChI=1S/C23H26ClNO4/c1-2-3-5-10-20-15-23(22(26)27,29-25-20)21(18-11-13-19(24)14-12-18)28-16-17-8-6-4-7-9-17/h4,6-9,11-14,21H,2-3,5,10,15-16H2,1H3,(H,26,27). The van der Waals surface area contributed by atoms with Crippen LogP contribution in [0.5, 0.6) is 0 Å². The molecule has 0 amide bonds. The number of carboxylic acids is 1. The van der Waals surface area contributed by atoms with E-state index in [-0.39, 0.29) is 13.0 Å². The van der Waals surface area contributed by atoms with Crippen LogP contribution in [-0.4, -0.2) is 22.4 Å². The predicted molar refractivity (Wildman–Crippen MR) is 113 cm³/mol. The predicted octanol–water partition coefficient (Wildman–Crippen LogP) is 5.78. The molecule has 2 unspecified atom stereocenters. The summed E-state index contributed by atoms with van der Waals surface area (Å²) >= 11 is 6.03. The number of halogens is 1. The molecule has 2 atom stereocenters. The Hall–Kier alpha value is -2.37. The van der Waals surface area contributed by atoms with Gasteiger partial charge >= 0.3 is 5.97 Å². The van der Waals surface area contributed by atoms with Crippen LogP contribution in [0.25, 0.3) is 0 Å². The molecule has 6 heteroatoms. The molecule has 1 N–H and O–H groups in total. The van der Waals surface area contributed by atoms with Gasteiger partial charge in [0.2, 0.25) is 0 Å². The third kappa shape index (κ3) is 5.17. The van der Waals surface area contributed by atoms with Crippen LogP contribution in [0.15, 0.2) is 59.8 Å². The average Bonchev–Trinajstić information content (AvgIpc) is 3.16. The van der Waals surface area contributed by atoms with Crippen molar-refractivity contribution in [3.8, 4) is 0 Å². The fourth-order valence-electron chi connectivity index (χ4n) is 3.49. The summed E-state index contributed by atoms with van der Waals surface area (Å²) in [4.78, 5) is 18.0. The summed E-state index contributed by atoms with van der Waals surface area (Å²) in [6.07, 6.45) is 3.23. The Morgan fingerprint density at radius 1 is 1.21 bits per heavy atom. The smallest absolute Gasteiger partial charge is 0.354 e. The van der Waals surface area contributed by atoms with E-state index in [9.17, 15) is 9.90 Å². The van der Waals surface area contributed by atoms with Crippen molar-refractivity contribution >= 4 is 23.3 Å². The number of aliphatic carboxylic acids is 1. The number of carbonyl (C=O) groups is 1. The molecule has 0 fully saturated rings. The highest BCUT2D eigenvalue weighted by Crippen LogP contribution is 2.41. The molecule has 29 heavy (non-hydrogen) atoms. The number of hydrogen-bond acceptors (Lipinski definition) is 4. The molecule has 0 radical (unpaired) electrons. The number of hydrogen-bond donors (Lipinski definition) is 1. The highest BCUT2D eigenvalue weighted by molar-refractivity contribution is 6.30. The van der Waals surface area contributed by atoms with Gasteiger partial charge in [-0.25, -0.2) is 4.79 Å². The quantitative estimate of drug-likeness (QED) is 0.499. The summed E-state index contributed by atoms with van der Waals surface area (Å²) in [6, 6.07) is 16.7. The molecule has 5 nitrogen and oxygen atoms in total. The molecule has 0 saturated heterocycles. The summed E-state index contributed by atoms with van der Waals surface area (Å²) in [5.41, 5.74) is 0.819. The number of unbranched alkanes of at least 4 members (excludes halogenated alkanes) is 2. The van der Waals surface area contributed by atoms with Crippen LogP contribution in [0.2, 0.25) is 5.02 Å². The van der Waals surface area contributed by atoms with Crippen molar-refractivity contribution in [2.75, 3.05) is 0 Å². The molecular weight excluding hydrogens is 390 g/mol. The fraction of sp³-hybridized carbons (Fsp3) is 0.391. The van der Waals surface area contributed by atoms with Gasteiger partial charge in [0.1, 0.15) is 6.10 Å². The van der Waals surface area contributed by atoms with Gasteiger partial charge in [0.05, 0.1) is 12.3 Å².